The van der Waals surface area contributed by atoms with E-state index in [0.29, 0.717) is 24.2 Å². The first-order valence-electron chi connectivity index (χ1n) is 7.86. The van der Waals surface area contributed by atoms with Crippen molar-refractivity contribution in [3.63, 3.8) is 0 Å². The molecule has 0 spiro atoms. The molecule has 1 aliphatic rings. The summed E-state index contributed by atoms with van der Waals surface area (Å²) >= 11 is 0. The Labute approximate surface area is 143 Å². The number of anilines is 1. The van der Waals surface area contributed by atoms with Gasteiger partial charge in [-0.2, -0.15) is 0 Å². The lowest BCUT2D eigenvalue weighted by molar-refractivity contribution is -0.118. The highest BCUT2D eigenvalue weighted by molar-refractivity contribution is 5.97. The summed E-state index contributed by atoms with van der Waals surface area (Å²) in [5, 5.41) is 2.91. The number of carbonyl (C=O) groups excluding carboxylic acids is 2. The Morgan fingerprint density at radius 3 is 2.43 bits per heavy atom. The number of primary amides is 1. The number of halogens is 1. The highest BCUT2D eigenvalue weighted by Crippen LogP contribution is 2.38. The van der Waals surface area contributed by atoms with Gasteiger partial charge >= 0.3 is 0 Å². The average Bonchev–Trinajstić information content (AvgIpc) is 2.50. The van der Waals surface area contributed by atoms with Crippen LogP contribution in [-0.2, 0) is 4.79 Å². The van der Waals surface area contributed by atoms with Crippen LogP contribution in [0.15, 0.2) is 18.2 Å². The maximum Gasteiger partial charge on any atom is 0.248 e. The van der Waals surface area contributed by atoms with Gasteiger partial charge in [0.15, 0.2) is 0 Å². The summed E-state index contributed by atoms with van der Waals surface area (Å²) in [4.78, 5) is 23.7. The van der Waals surface area contributed by atoms with Crippen LogP contribution >= 0.6 is 12.4 Å². The van der Waals surface area contributed by atoms with Gasteiger partial charge in [-0.1, -0.05) is 25.3 Å². The number of nitrogens with two attached hydrogens (primary N) is 2. The van der Waals surface area contributed by atoms with Gasteiger partial charge in [0.2, 0.25) is 11.8 Å². The normalized spacial score (nSPS) is 16.3. The second-order valence-electron chi connectivity index (χ2n) is 6.38. The highest BCUT2D eigenvalue weighted by Gasteiger charge is 2.33. The van der Waals surface area contributed by atoms with E-state index in [-0.39, 0.29) is 23.7 Å². The summed E-state index contributed by atoms with van der Waals surface area (Å²) in [5.74, 6) is -0.543. The zero-order valence-electron chi connectivity index (χ0n) is 13.6. The van der Waals surface area contributed by atoms with Gasteiger partial charge in [-0.3, -0.25) is 9.59 Å². The number of hydrogen-bond donors (Lipinski definition) is 3. The number of hydrogen-bond acceptors (Lipinski definition) is 3. The molecule has 1 saturated carbocycles. The third-order valence-electron chi connectivity index (χ3n) is 4.68. The molecule has 1 fully saturated rings. The molecule has 2 rings (SSSR count). The number of amides is 2. The van der Waals surface area contributed by atoms with Crippen molar-refractivity contribution < 1.29 is 9.59 Å². The van der Waals surface area contributed by atoms with Crippen LogP contribution in [0.2, 0.25) is 0 Å². The van der Waals surface area contributed by atoms with Crippen LogP contribution in [0.5, 0.6) is 0 Å². The molecule has 2 amide bonds. The Kier molecular flexibility index (Phi) is 7.03. The molecule has 0 atom stereocenters. The van der Waals surface area contributed by atoms with Crippen molar-refractivity contribution >= 4 is 29.9 Å². The Morgan fingerprint density at radius 1 is 1.22 bits per heavy atom. The minimum atomic E-state index is -0.499. The Bertz CT molecular complexity index is 569. The van der Waals surface area contributed by atoms with E-state index in [4.69, 9.17) is 11.5 Å². The highest BCUT2D eigenvalue weighted by atomic mass is 35.5. The lowest BCUT2D eigenvalue weighted by atomic mass is 9.71. The molecule has 1 aromatic rings. The molecule has 0 saturated heterocycles. The van der Waals surface area contributed by atoms with E-state index in [1.165, 1.54) is 6.42 Å². The monoisotopic (exact) mass is 339 g/mol. The van der Waals surface area contributed by atoms with Crippen molar-refractivity contribution in [3.8, 4) is 0 Å². The zero-order chi connectivity index (χ0) is 16.2. The molecule has 1 aliphatic carbocycles. The first kappa shape index (κ1) is 19.5. The van der Waals surface area contributed by atoms with Crippen LogP contribution in [0, 0.1) is 12.3 Å². The van der Waals surface area contributed by atoms with Gasteiger partial charge in [-0.05, 0) is 49.4 Å². The van der Waals surface area contributed by atoms with Crippen LogP contribution < -0.4 is 16.8 Å². The zero-order valence-corrected chi connectivity index (χ0v) is 14.4. The third kappa shape index (κ3) is 4.94. The lowest BCUT2D eigenvalue weighted by Crippen LogP contribution is -2.36. The molecular formula is C17H26ClN3O2. The van der Waals surface area contributed by atoms with Crippen molar-refractivity contribution in [2.75, 3.05) is 11.9 Å². The van der Waals surface area contributed by atoms with Gasteiger partial charge in [0.25, 0.3) is 0 Å². The average molecular weight is 340 g/mol. The van der Waals surface area contributed by atoms with Crippen molar-refractivity contribution in [1.82, 2.24) is 0 Å². The lowest BCUT2D eigenvalue weighted by Gasteiger charge is -2.35. The largest absolute Gasteiger partial charge is 0.366 e. The van der Waals surface area contributed by atoms with Crippen LogP contribution in [0.1, 0.15) is 54.4 Å². The molecule has 0 unspecified atom stereocenters. The predicted octanol–water partition coefficient (Wildman–Crippen LogP) is 2.75. The van der Waals surface area contributed by atoms with Crippen molar-refractivity contribution in [3.05, 3.63) is 29.3 Å². The summed E-state index contributed by atoms with van der Waals surface area (Å²) in [7, 11) is 0. The summed E-state index contributed by atoms with van der Waals surface area (Å²) in [6.45, 7) is 2.43. The number of benzene rings is 1. The molecule has 0 radical (unpaired) electrons. The molecule has 1 aromatic carbocycles. The van der Waals surface area contributed by atoms with Crippen LogP contribution in [0.4, 0.5) is 5.69 Å². The second kappa shape index (κ2) is 8.31. The maximum absolute atomic E-state index is 12.4. The predicted molar refractivity (Wildman–Crippen MR) is 94.8 cm³/mol. The van der Waals surface area contributed by atoms with Gasteiger partial charge in [-0.25, -0.2) is 0 Å². The number of aryl methyl sites for hydroxylation is 1. The van der Waals surface area contributed by atoms with Crippen LogP contribution in [0.25, 0.3) is 0 Å². The summed E-state index contributed by atoms with van der Waals surface area (Å²) in [6, 6.07) is 5.08. The molecule has 23 heavy (non-hydrogen) atoms. The van der Waals surface area contributed by atoms with E-state index < -0.39 is 5.91 Å². The standard InChI is InChI=1S/C17H25N3O2.ClH/c1-12-5-6-13(16(19)22)9-14(12)20-15(21)10-17(11-18)7-3-2-4-8-17;/h5-6,9H,2-4,7-8,10-11,18H2,1H3,(H2,19,22)(H,20,21);1H. The SMILES string of the molecule is Cc1ccc(C(N)=O)cc1NC(=O)CC1(CN)CCCCC1.Cl. The van der Waals surface area contributed by atoms with Gasteiger partial charge in [0, 0.05) is 17.7 Å². The Balaban J connectivity index is 0.00000264. The molecule has 128 valence electrons. The molecule has 0 heterocycles. The van der Waals surface area contributed by atoms with Crippen molar-refractivity contribution in [2.45, 2.75) is 45.4 Å². The van der Waals surface area contributed by atoms with Gasteiger partial charge in [0.1, 0.15) is 0 Å². The van der Waals surface area contributed by atoms with Gasteiger partial charge in [-0.15, -0.1) is 12.4 Å². The molecule has 6 heteroatoms. The topological polar surface area (TPSA) is 98.2 Å². The maximum atomic E-state index is 12.4. The minimum Gasteiger partial charge on any atom is -0.366 e. The smallest absolute Gasteiger partial charge is 0.248 e. The van der Waals surface area contributed by atoms with Crippen LogP contribution in [-0.4, -0.2) is 18.4 Å². The Morgan fingerprint density at radius 2 is 1.87 bits per heavy atom. The first-order valence-corrected chi connectivity index (χ1v) is 7.86. The van der Waals surface area contributed by atoms with Crippen LogP contribution in [0.3, 0.4) is 0 Å². The van der Waals surface area contributed by atoms with E-state index in [1.807, 2.05) is 6.92 Å². The fourth-order valence-corrected chi connectivity index (χ4v) is 3.20. The van der Waals surface area contributed by atoms with E-state index in [1.54, 1.807) is 18.2 Å². The fourth-order valence-electron chi connectivity index (χ4n) is 3.20. The molecule has 0 aliphatic heterocycles. The van der Waals surface area contributed by atoms with E-state index >= 15 is 0 Å². The molecule has 5 nitrogen and oxygen atoms in total. The van der Waals surface area contributed by atoms with E-state index in [9.17, 15) is 9.59 Å². The molecular weight excluding hydrogens is 314 g/mol. The quantitative estimate of drug-likeness (QED) is 0.769. The van der Waals surface area contributed by atoms with E-state index in [0.717, 1.165) is 31.2 Å². The fraction of sp³-hybridized carbons (Fsp3) is 0.529. The van der Waals surface area contributed by atoms with Gasteiger partial charge < -0.3 is 16.8 Å². The number of rotatable bonds is 5. The summed E-state index contributed by atoms with van der Waals surface area (Å²) in [5.41, 5.74) is 13.1. The Hall–Kier alpha value is -1.59. The first-order chi connectivity index (χ1) is 10.5. The summed E-state index contributed by atoms with van der Waals surface area (Å²) in [6.07, 6.45) is 5.96. The second-order valence-corrected chi connectivity index (χ2v) is 6.38. The van der Waals surface area contributed by atoms with E-state index in [2.05, 4.69) is 5.32 Å². The summed E-state index contributed by atoms with van der Waals surface area (Å²) < 4.78 is 0. The molecule has 5 N–H and O–H groups in total. The van der Waals surface area contributed by atoms with Crippen molar-refractivity contribution in [1.29, 1.82) is 0 Å². The van der Waals surface area contributed by atoms with Gasteiger partial charge in [0.05, 0.1) is 0 Å². The molecule has 0 aromatic heterocycles. The number of carbonyl (C=O) groups is 2. The molecule has 0 bridgehead atoms. The number of nitrogens with one attached hydrogen (secondary N) is 1. The third-order valence-corrected chi connectivity index (χ3v) is 4.68. The van der Waals surface area contributed by atoms with Crippen molar-refractivity contribution in [2.24, 2.45) is 16.9 Å². The minimum absolute atomic E-state index is 0.